The zero-order valence-electron chi connectivity index (χ0n) is 12.2. The van der Waals surface area contributed by atoms with Gasteiger partial charge < -0.3 is 15.4 Å². The van der Waals surface area contributed by atoms with Crippen molar-refractivity contribution in [1.82, 2.24) is 15.3 Å². The van der Waals surface area contributed by atoms with Gasteiger partial charge in [-0.2, -0.15) is 0 Å². The largest absolute Gasteiger partial charge is 0.505 e. The van der Waals surface area contributed by atoms with Crippen LogP contribution in [-0.2, 0) is 0 Å². The number of nitrogens with zero attached hydrogens (tertiary/aromatic N) is 1. The highest BCUT2D eigenvalue weighted by Crippen LogP contribution is 2.32. The summed E-state index contributed by atoms with van der Waals surface area (Å²) in [5.41, 5.74) is 1.80. The Balaban J connectivity index is 1.93. The van der Waals surface area contributed by atoms with E-state index in [4.69, 9.17) is 0 Å². The third-order valence-electron chi connectivity index (χ3n) is 3.73. The molecule has 3 N–H and O–H groups in total. The quantitative estimate of drug-likeness (QED) is 0.692. The van der Waals surface area contributed by atoms with Crippen LogP contribution in [0, 0.1) is 0 Å². The van der Waals surface area contributed by atoms with Crippen LogP contribution < -0.4 is 5.32 Å². The number of rotatable bonds is 4. The monoisotopic (exact) mass is 295 g/mol. The first kappa shape index (κ1) is 14.1. The summed E-state index contributed by atoms with van der Waals surface area (Å²) in [4.78, 5) is 19.3. The zero-order valence-corrected chi connectivity index (χ0v) is 12.2. The van der Waals surface area contributed by atoms with Crippen molar-refractivity contribution in [2.24, 2.45) is 0 Å². The Hall–Kier alpha value is -2.82. The summed E-state index contributed by atoms with van der Waals surface area (Å²) < 4.78 is 0. The molecule has 1 unspecified atom stereocenters. The summed E-state index contributed by atoms with van der Waals surface area (Å²) in [6.45, 7) is 1.96. The third kappa shape index (κ3) is 2.53. The second-order valence-electron chi connectivity index (χ2n) is 5.11. The number of phenolic OH excluding ortho intramolecular Hbond substituents is 1. The number of amides is 1. The summed E-state index contributed by atoms with van der Waals surface area (Å²) in [6, 6.07) is 8.91. The lowest BCUT2D eigenvalue weighted by atomic mass is 10.0. The van der Waals surface area contributed by atoms with E-state index >= 15 is 0 Å². The highest BCUT2D eigenvalue weighted by Gasteiger charge is 2.19. The number of aromatic nitrogens is 2. The molecule has 0 spiro atoms. The molecule has 5 heteroatoms. The summed E-state index contributed by atoms with van der Waals surface area (Å²) in [6.07, 6.45) is 5.66. The van der Waals surface area contributed by atoms with Crippen LogP contribution in [0.3, 0.4) is 0 Å². The van der Waals surface area contributed by atoms with Gasteiger partial charge in [0.1, 0.15) is 11.3 Å². The molecule has 0 aliphatic heterocycles. The van der Waals surface area contributed by atoms with Crippen LogP contribution in [0.25, 0.3) is 10.9 Å². The van der Waals surface area contributed by atoms with Crippen LogP contribution in [0.1, 0.15) is 35.3 Å². The number of hydrogen-bond donors (Lipinski definition) is 3. The zero-order chi connectivity index (χ0) is 15.5. The highest BCUT2D eigenvalue weighted by atomic mass is 16.3. The fourth-order valence-corrected chi connectivity index (χ4v) is 2.53. The first-order valence-corrected chi connectivity index (χ1v) is 7.21. The molecule has 1 amide bonds. The van der Waals surface area contributed by atoms with Gasteiger partial charge >= 0.3 is 0 Å². The van der Waals surface area contributed by atoms with Crippen LogP contribution in [0.4, 0.5) is 0 Å². The molecule has 0 bridgehead atoms. The lowest BCUT2D eigenvalue weighted by Gasteiger charge is -2.19. The van der Waals surface area contributed by atoms with Gasteiger partial charge in [-0.1, -0.05) is 25.1 Å². The number of nitrogens with one attached hydrogen (secondary N) is 2. The predicted octanol–water partition coefficient (Wildman–Crippen LogP) is 3.15. The van der Waals surface area contributed by atoms with Gasteiger partial charge in [0, 0.05) is 29.5 Å². The molecule has 0 saturated heterocycles. The molecule has 0 saturated carbocycles. The molecule has 0 aliphatic carbocycles. The van der Waals surface area contributed by atoms with E-state index in [1.165, 1.54) is 0 Å². The minimum absolute atomic E-state index is 0.124. The summed E-state index contributed by atoms with van der Waals surface area (Å²) in [5, 5.41) is 14.3. The van der Waals surface area contributed by atoms with Crippen molar-refractivity contribution in [3.8, 4) is 5.75 Å². The van der Waals surface area contributed by atoms with Crippen LogP contribution in [0.5, 0.6) is 5.75 Å². The number of hydrogen-bond acceptors (Lipinski definition) is 3. The maximum absolute atomic E-state index is 12.2. The van der Waals surface area contributed by atoms with E-state index in [0.717, 1.165) is 5.39 Å². The first-order valence-electron chi connectivity index (χ1n) is 7.21. The molecular weight excluding hydrogens is 278 g/mol. The number of pyridine rings is 1. The lowest BCUT2D eigenvalue weighted by Crippen LogP contribution is -2.27. The molecular formula is C17H17N3O2. The smallest absolute Gasteiger partial charge is 0.253 e. The number of carbonyl (C=O) groups excluding carboxylic acids is 1. The third-order valence-corrected chi connectivity index (χ3v) is 3.73. The summed E-state index contributed by atoms with van der Waals surface area (Å²) in [7, 11) is 0. The Labute approximate surface area is 128 Å². The van der Waals surface area contributed by atoms with Gasteiger partial charge in [0.05, 0.1) is 11.6 Å². The standard InChI is InChI=1S/C17H17N3O2/c1-2-14(20-17(22)12-7-9-18-10-12)13-6-5-11-4-3-8-19-15(11)16(13)21/h3-10,14,18,21H,2H2,1H3,(H,20,22). The summed E-state index contributed by atoms with van der Waals surface area (Å²) >= 11 is 0. The topological polar surface area (TPSA) is 78.0 Å². The number of H-pyrrole nitrogens is 1. The van der Waals surface area contributed by atoms with Gasteiger partial charge in [-0.3, -0.25) is 9.78 Å². The van der Waals surface area contributed by atoms with Gasteiger partial charge in [-0.25, -0.2) is 0 Å². The maximum Gasteiger partial charge on any atom is 0.253 e. The number of aromatic amines is 1. The molecule has 1 aromatic carbocycles. The molecule has 0 aliphatic rings. The van der Waals surface area contributed by atoms with E-state index in [1.54, 1.807) is 24.7 Å². The Kier molecular flexibility index (Phi) is 3.78. The molecule has 5 nitrogen and oxygen atoms in total. The maximum atomic E-state index is 12.2. The molecule has 3 aromatic rings. The minimum atomic E-state index is -0.270. The van der Waals surface area contributed by atoms with Gasteiger partial charge in [0.2, 0.25) is 0 Å². The molecule has 2 aromatic heterocycles. The molecule has 0 radical (unpaired) electrons. The molecule has 112 valence electrons. The molecule has 22 heavy (non-hydrogen) atoms. The van der Waals surface area contributed by atoms with E-state index in [0.29, 0.717) is 23.1 Å². The number of fused-ring (bicyclic) bond motifs is 1. The SMILES string of the molecule is CCC(NC(=O)c1cc[nH]c1)c1ccc2cccnc2c1O. The molecule has 3 rings (SSSR count). The van der Waals surface area contributed by atoms with E-state index in [-0.39, 0.29) is 17.7 Å². The second-order valence-corrected chi connectivity index (χ2v) is 5.11. The lowest BCUT2D eigenvalue weighted by molar-refractivity contribution is 0.0935. The Morgan fingerprint density at radius 1 is 1.36 bits per heavy atom. The average molecular weight is 295 g/mol. The predicted molar refractivity (Wildman–Crippen MR) is 84.7 cm³/mol. The van der Waals surface area contributed by atoms with Crippen LogP contribution in [0.15, 0.2) is 48.9 Å². The fraction of sp³-hybridized carbons (Fsp3) is 0.176. The highest BCUT2D eigenvalue weighted by molar-refractivity contribution is 5.94. The number of carbonyl (C=O) groups is 1. The van der Waals surface area contributed by atoms with Gasteiger partial charge in [0.15, 0.2) is 0 Å². The van der Waals surface area contributed by atoms with Gasteiger partial charge in [-0.15, -0.1) is 0 Å². The molecule has 2 heterocycles. The fourth-order valence-electron chi connectivity index (χ4n) is 2.53. The van der Waals surface area contributed by atoms with Crippen molar-refractivity contribution in [3.05, 3.63) is 60.0 Å². The van der Waals surface area contributed by atoms with E-state index in [1.807, 2.05) is 31.2 Å². The Morgan fingerprint density at radius 3 is 2.95 bits per heavy atom. The van der Waals surface area contributed by atoms with Crippen molar-refractivity contribution in [1.29, 1.82) is 0 Å². The first-order chi connectivity index (χ1) is 10.7. The van der Waals surface area contributed by atoms with Crippen LogP contribution >= 0.6 is 0 Å². The van der Waals surface area contributed by atoms with E-state index < -0.39 is 0 Å². The average Bonchev–Trinajstić information content (AvgIpc) is 3.08. The van der Waals surface area contributed by atoms with E-state index in [2.05, 4.69) is 15.3 Å². The summed E-state index contributed by atoms with van der Waals surface area (Å²) in [5.74, 6) is -0.0482. The number of aromatic hydroxyl groups is 1. The van der Waals surface area contributed by atoms with Crippen molar-refractivity contribution < 1.29 is 9.90 Å². The van der Waals surface area contributed by atoms with Gasteiger partial charge in [-0.05, 0) is 18.6 Å². The van der Waals surface area contributed by atoms with Crippen molar-refractivity contribution in [2.45, 2.75) is 19.4 Å². The van der Waals surface area contributed by atoms with Crippen LogP contribution in [0.2, 0.25) is 0 Å². The number of phenols is 1. The number of benzene rings is 1. The van der Waals surface area contributed by atoms with Crippen LogP contribution in [-0.4, -0.2) is 21.0 Å². The van der Waals surface area contributed by atoms with Crippen molar-refractivity contribution in [3.63, 3.8) is 0 Å². The minimum Gasteiger partial charge on any atom is -0.505 e. The second kappa shape index (κ2) is 5.89. The normalized spacial score (nSPS) is 12.2. The molecule has 1 atom stereocenters. The van der Waals surface area contributed by atoms with Crippen molar-refractivity contribution in [2.75, 3.05) is 0 Å². The Bertz CT molecular complexity index is 797. The molecule has 0 fully saturated rings. The van der Waals surface area contributed by atoms with Crippen molar-refractivity contribution >= 4 is 16.8 Å². The van der Waals surface area contributed by atoms with Gasteiger partial charge in [0.25, 0.3) is 5.91 Å². The Morgan fingerprint density at radius 2 is 2.23 bits per heavy atom. The van der Waals surface area contributed by atoms with E-state index in [9.17, 15) is 9.90 Å².